The fourth-order valence-corrected chi connectivity index (χ4v) is 2.87. The van der Waals surface area contributed by atoms with Crippen LogP contribution in [0.25, 0.3) is 10.9 Å². The maximum atomic E-state index is 10.1. The van der Waals surface area contributed by atoms with Gasteiger partial charge in [0, 0.05) is 10.9 Å². The van der Waals surface area contributed by atoms with Crippen LogP contribution in [0.5, 0.6) is 11.5 Å². The van der Waals surface area contributed by atoms with Crippen molar-refractivity contribution in [1.29, 1.82) is 0 Å². The molecule has 0 saturated carbocycles. The van der Waals surface area contributed by atoms with Crippen LogP contribution in [0, 0.1) is 0 Å². The van der Waals surface area contributed by atoms with E-state index in [2.05, 4.69) is 4.98 Å². The van der Waals surface area contributed by atoms with Crippen LogP contribution in [0.1, 0.15) is 0 Å². The molecule has 0 spiro atoms. The summed E-state index contributed by atoms with van der Waals surface area (Å²) in [5.74, 6) is 1.56. The lowest BCUT2D eigenvalue weighted by molar-refractivity contribution is 0.357. The Kier molecular flexibility index (Phi) is 2.35. The Labute approximate surface area is 120 Å². The lowest BCUT2D eigenvalue weighted by Crippen LogP contribution is -2.16. The molecule has 4 nitrogen and oxygen atoms in total. The molecule has 2 heterocycles. The van der Waals surface area contributed by atoms with Crippen molar-refractivity contribution >= 4 is 34.0 Å². The van der Waals surface area contributed by atoms with E-state index in [4.69, 9.17) is 16.3 Å². The lowest BCUT2D eigenvalue weighted by Gasteiger charge is -2.15. The molecule has 3 aromatic rings. The maximum absolute atomic E-state index is 10.1. The highest BCUT2D eigenvalue weighted by Gasteiger charge is 2.28. The summed E-state index contributed by atoms with van der Waals surface area (Å²) in [7, 11) is 0. The molecule has 0 bridgehead atoms. The first-order chi connectivity index (χ1) is 9.75. The van der Waals surface area contributed by atoms with Crippen molar-refractivity contribution in [2.24, 2.45) is 0 Å². The van der Waals surface area contributed by atoms with Gasteiger partial charge in [-0.15, -0.1) is 0 Å². The maximum Gasteiger partial charge on any atom is 0.167 e. The van der Waals surface area contributed by atoms with E-state index in [-0.39, 0.29) is 5.75 Å². The van der Waals surface area contributed by atoms with Crippen molar-refractivity contribution in [3.8, 4) is 11.5 Å². The number of fused-ring (bicyclic) bond motifs is 2. The van der Waals surface area contributed by atoms with Crippen LogP contribution in [-0.2, 0) is 0 Å². The van der Waals surface area contributed by atoms with Crippen molar-refractivity contribution in [3.05, 3.63) is 47.5 Å². The summed E-state index contributed by atoms with van der Waals surface area (Å²) in [5, 5.41) is 11.6. The molecule has 0 radical (unpaired) electrons. The van der Waals surface area contributed by atoms with Crippen LogP contribution in [0.15, 0.2) is 42.5 Å². The fraction of sp³-hybridized carbons (Fsp3) is 0.0667. The van der Waals surface area contributed by atoms with E-state index in [1.165, 1.54) is 0 Å². The van der Waals surface area contributed by atoms with Crippen molar-refractivity contribution in [2.75, 3.05) is 11.6 Å². The van der Waals surface area contributed by atoms with Gasteiger partial charge in [0.1, 0.15) is 23.0 Å². The van der Waals surface area contributed by atoms with Gasteiger partial charge in [0.25, 0.3) is 0 Å². The number of phenols is 1. The second-order valence-electron chi connectivity index (χ2n) is 4.66. The number of benzene rings is 2. The third-order valence-electron chi connectivity index (χ3n) is 3.49. The Bertz CT molecular complexity index is 813. The Morgan fingerprint density at radius 2 is 2.00 bits per heavy atom. The summed E-state index contributed by atoms with van der Waals surface area (Å²) < 4.78 is 5.58. The number of anilines is 2. The zero-order chi connectivity index (χ0) is 13.7. The van der Waals surface area contributed by atoms with Gasteiger partial charge in [-0.2, -0.15) is 0 Å². The number of para-hydroxylation sites is 2. The molecule has 0 unspecified atom stereocenters. The fourth-order valence-electron chi connectivity index (χ4n) is 2.55. The van der Waals surface area contributed by atoms with E-state index >= 15 is 0 Å². The highest BCUT2D eigenvalue weighted by Crippen LogP contribution is 2.47. The third-order valence-corrected chi connectivity index (χ3v) is 3.87. The van der Waals surface area contributed by atoms with Gasteiger partial charge in [0.05, 0.1) is 5.02 Å². The predicted octanol–water partition coefficient (Wildman–Crippen LogP) is 4.01. The van der Waals surface area contributed by atoms with Gasteiger partial charge in [0.15, 0.2) is 6.73 Å². The average molecular weight is 287 g/mol. The first-order valence-electron chi connectivity index (χ1n) is 6.24. The molecule has 100 valence electrons. The van der Waals surface area contributed by atoms with Crippen LogP contribution in [-0.4, -0.2) is 16.8 Å². The van der Waals surface area contributed by atoms with Crippen molar-refractivity contribution in [1.82, 2.24) is 4.98 Å². The number of halogens is 1. The molecular weight excluding hydrogens is 276 g/mol. The molecule has 2 aromatic carbocycles. The predicted molar refractivity (Wildman–Crippen MR) is 79.0 cm³/mol. The number of aromatic amines is 1. The molecule has 0 atom stereocenters. The van der Waals surface area contributed by atoms with Crippen LogP contribution >= 0.6 is 11.6 Å². The number of hydrogen-bond acceptors (Lipinski definition) is 3. The van der Waals surface area contributed by atoms with Gasteiger partial charge in [0.2, 0.25) is 0 Å². The number of nitrogens with zero attached hydrogens (tertiary/aromatic N) is 1. The zero-order valence-electron chi connectivity index (χ0n) is 10.4. The van der Waals surface area contributed by atoms with Gasteiger partial charge < -0.3 is 14.8 Å². The van der Waals surface area contributed by atoms with Gasteiger partial charge in [-0.05, 0) is 18.2 Å². The summed E-state index contributed by atoms with van der Waals surface area (Å²) in [6, 6.07) is 13.0. The molecule has 1 aromatic heterocycles. The normalized spacial score (nSPS) is 13.6. The van der Waals surface area contributed by atoms with E-state index in [1.807, 2.05) is 35.2 Å². The lowest BCUT2D eigenvalue weighted by atomic mass is 10.2. The first kappa shape index (κ1) is 11.5. The van der Waals surface area contributed by atoms with E-state index in [1.54, 1.807) is 12.1 Å². The second-order valence-corrected chi connectivity index (χ2v) is 5.04. The summed E-state index contributed by atoms with van der Waals surface area (Å²) in [4.78, 5) is 5.12. The molecular formula is C15H11ClN2O2. The molecule has 0 saturated heterocycles. The quantitative estimate of drug-likeness (QED) is 0.710. The van der Waals surface area contributed by atoms with Gasteiger partial charge in [-0.25, -0.2) is 0 Å². The summed E-state index contributed by atoms with van der Waals surface area (Å²) in [5.41, 5.74) is 1.59. The number of aromatic nitrogens is 1. The molecule has 0 amide bonds. The van der Waals surface area contributed by atoms with Crippen molar-refractivity contribution in [3.63, 3.8) is 0 Å². The summed E-state index contributed by atoms with van der Waals surface area (Å²) >= 11 is 6.45. The SMILES string of the molecule is Oc1cccc2c1N(c1[nH]c3ccccc3c1Cl)CO2. The van der Waals surface area contributed by atoms with E-state index < -0.39 is 0 Å². The minimum absolute atomic E-state index is 0.176. The average Bonchev–Trinajstić information content (AvgIpc) is 3.02. The van der Waals surface area contributed by atoms with E-state index in [0.717, 1.165) is 16.7 Å². The number of nitrogens with one attached hydrogen (secondary N) is 1. The molecule has 0 fully saturated rings. The zero-order valence-corrected chi connectivity index (χ0v) is 11.2. The number of phenolic OH excluding ortho intramolecular Hbond substituents is 1. The van der Waals surface area contributed by atoms with Crippen LogP contribution in [0.4, 0.5) is 11.5 Å². The molecule has 1 aliphatic rings. The van der Waals surface area contributed by atoms with Crippen LogP contribution < -0.4 is 9.64 Å². The largest absolute Gasteiger partial charge is 0.506 e. The molecule has 0 aliphatic carbocycles. The van der Waals surface area contributed by atoms with Gasteiger partial charge in [-0.1, -0.05) is 35.9 Å². The minimum Gasteiger partial charge on any atom is -0.506 e. The van der Waals surface area contributed by atoms with E-state index in [9.17, 15) is 5.11 Å². The van der Waals surface area contributed by atoms with E-state index in [0.29, 0.717) is 23.2 Å². The van der Waals surface area contributed by atoms with Gasteiger partial charge >= 0.3 is 0 Å². The monoisotopic (exact) mass is 286 g/mol. The van der Waals surface area contributed by atoms with Gasteiger partial charge in [-0.3, -0.25) is 4.90 Å². The topological polar surface area (TPSA) is 48.5 Å². The van der Waals surface area contributed by atoms with Crippen LogP contribution in [0.2, 0.25) is 5.02 Å². The highest BCUT2D eigenvalue weighted by atomic mass is 35.5. The van der Waals surface area contributed by atoms with Crippen molar-refractivity contribution < 1.29 is 9.84 Å². The Morgan fingerprint density at radius 1 is 1.15 bits per heavy atom. The minimum atomic E-state index is 0.176. The summed E-state index contributed by atoms with van der Waals surface area (Å²) in [6.45, 7) is 0.319. The Hall–Kier alpha value is -2.33. The standard InChI is InChI=1S/C15H11ClN2O2/c16-13-9-4-1-2-5-10(9)17-15(13)18-8-20-12-7-3-6-11(19)14(12)18/h1-7,17,19H,8H2. The number of ether oxygens (including phenoxy) is 1. The second kappa shape index (κ2) is 4.08. The Morgan fingerprint density at radius 3 is 2.85 bits per heavy atom. The highest BCUT2D eigenvalue weighted by molar-refractivity contribution is 6.38. The number of aromatic hydroxyl groups is 1. The van der Waals surface area contributed by atoms with Crippen LogP contribution in [0.3, 0.4) is 0 Å². The number of H-pyrrole nitrogens is 1. The molecule has 4 rings (SSSR count). The molecule has 5 heteroatoms. The first-order valence-corrected chi connectivity index (χ1v) is 6.62. The Balaban J connectivity index is 1.92. The molecule has 2 N–H and O–H groups in total. The third kappa shape index (κ3) is 1.48. The molecule has 1 aliphatic heterocycles. The summed E-state index contributed by atoms with van der Waals surface area (Å²) in [6.07, 6.45) is 0. The molecule has 20 heavy (non-hydrogen) atoms. The van der Waals surface area contributed by atoms with Crippen molar-refractivity contribution in [2.45, 2.75) is 0 Å². The number of rotatable bonds is 1. The smallest absolute Gasteiger partial charge is 0.167 e. The number of hydrogen-bond donors (Lipinski definition) is 2.